The zero-order valence-electron chi connectivity index (χ0n) is 7.31. The van der Waals surface area contributed by atoms with E-state index in [0.29, 0.717) is 17.2 Å². The highest BCUT2D eigenvalue weighted by atomic mass is 16.2. The Morgan fingerprint density at radius 1 is 1.42 bits per heavy atom. The molecule has 4 rings (SSSR count). The molecule has 2 bridgehead atoms. The van der Waals surface area contributed by atoms with E-state index in [4.69, 9.17) is 0 Å². The maximum Gasteiger partial charge on any atom is 0.223 e. The molecule has 2 heteroatoms. The summed E-state index contributed by atoms with van der Waals surface area (Å²) < 4.78 is 0. The Balaban J connectivity index is 1.67. The standard InChI is InChI=1S/C10H15NO/c12-9-8-4-10(5-8,6-11-9)3-7-1-2-7/h7-8H,1-6H2,(H,11,12). The number of amides is 1. The Labute approximate surface area is 72.7 Å². The fourth-order valence-electron chi connectivity index (χ4n) is 2.91. The third-order valence-corrected chi connectivity index (χ3v) is 3.79. The van der Waals surface area contributed by atoms with E-state index in [0.717, 1.165) is 12.5 Å². The average Bonchev–Trinajstić information content (AvgIpc) is 2.75. The molecule has 2 saturated heterocycles. The van der Waals surface area contributed by atoms with E-state index >= 15 is 0 Å². The lowest BCUT2D eigenvalue weighted by Gasteiger charge is -2.52. The number of hydrogen-bond donors (Lipinski definition) is 1. The van der Waals surface area contributed by atoms with Crippen molar-refractivity contribution in [3.05, 3.63) is 0 Å². The zero-order chi connectivity index (χ0) is 8.18. The summed E-state index contributed by atoms with van der Waals surface area (Å²) in [6.07, 6.45) is 6.66. The lowest BCUT2D eigenvalue weighted by molar-refractivity contribution is -0.141. The SMILES string of the molecule is O=C1NCC2(CC3CC3)CC1C2. The molecule has 12 heavy (non-hydrogen) atoms. The molecule has 0 aromatic rings. The first-order valence-corrected chi connectivity index (χ1v) is 5.05. The number of fused-ring (bicyclic) bond motifs is 2. The van der Waals surface area contributed by atoms with E-state index in [2.05, 4.69) is 5.32 Å². The predicted molar refractivity (Wildman–Crippen MR) is 45.5 cm³/mol. The van der Waals surface area contributed by atoms with Crippen molar-refractivity contribution in [2.45, 2.75) is 32.1 Å². The molecule has 0 unspecified atom stereocenters. The van der Waals surface area contributed by atoms with Gasteiger partial charge in [-0.1, -0.05) is 12.8 Å². The van der Waals surface area contributed by atoms with Crippen LogP contribution < -0.4 is 5.32 Å². The van der Waals surface area contributed by atoms with Gasteiger partial charge in [-0.15, -0.1) is 0 Å². The minimum absolute atomic E-state index is 0.313. The Hall–Kier alpha value is -0.530. The molecule has 66 valence electrons. The lowest BCUT2D eigenvalue weighted by atomic mass is 9.57. The van der Waals surface area contributed by atoms with Crippen LogP contribution in [0.3, 0.4) is 0 Å². The van der Waals surface area contributed by atoms with Crippen molar-refractivity contribution in [1.82, 2.24) is 5.32 Å². The van der Waals surface area contributed by atoms with Gasteiger partial charge in [0.15, 0.2) is 0 Å². The van der Waals surface area contributed by atoms with E-state index in [1.807, 2.05) is 0 Å². The molecule has 0 atom stereocenters. The van der Waals surface area contributed by atoms with Crippen LogP contribution in [0.4, 0.5) is 0 Å². The van der Waals surface area contributed by atoms with Crippen molar-refractivity contribution < 1.29 is 4.79 Å². The number of carbonyl (C=O) groups is 1. The maximum absolute atomic E-state index is 11.2. The molecule has 4 fully saturated rings. The van der Waals surface area contributed by atoms with Crippen molar-refractivity contribution >= 4 is 5.91 Å². The minimum atomic E-state index is 0.313. The first-order chi connectivity index (χ1) is 5.77. The van der Waals surface area contributed by atoms with E-state index in [1.54, 1.807) is 0 Å². The molecule has 2 saturated carbocycles. The summed E-state index contributed by atoms with van der Waals surface area (Å²) in [7, 11) is 0. The van der Waals surface area contributed by atoms with Crippen molar-refractivity contribution in [2.75, 3.05) is 6.54 Å². The van der Waals surface area contributed by atoms with Gasteiger partial charge in [0.25, 0.3) is 0 Å². The van der Waals surface area contributed by atoms with Gasteiger partial charge in [0.05, 0.1) is 0 Å². The molecule has 4 aliphatic rings. The minimum Gasteiger partial charge on any atom is -0.355 e. The molecular weight excluding hydrogens is 150 g/mol. The zero-order valence-corrected chi connectivity index (χ0v) is 7.31. The maximum atomic E-state index is 11.2. The Kier molecular flexibility index (Phi) is 1.18. The van der Waals surface area contributed by atoms with Crippen LogP contribution in [0.25, 0.3) is 0 Å². The second-order valence-electron chi connectivity index (χ2n) is 4.97. The van der Waals surface area contributed by atoms with Crippen LogP contribution >= 0.6 is 0 Å². The lowest BCUT2D eigenvalue weighted by Crippen LogP contribution is -2.58. The van der Waals surface area contributed by atoms with Gasteiger partial charge in [-0.25, -0.2) is 0 Å². The van der Waals surface area contributed by atoms with E-state index in [9.17, 15) is 4.79 Å². The highest BCUT2D eigenvalue weighted by Gasteiger charge is 2.52. The fraction of sp³-hybridized carbons (Fsp3) is 0.900. The highest BCUT2D eigenvalue weighted by molar-refractivity contribution is 5.81. The van der Waals surface area contributed by atoms with Gasteiger partial charge in [-0.05, 0) is 30.6 Å². The van der Waals surface area contributed by atoms with Crippen molar-refractivity contribution in [3.63, 3.8) is 0 Å². The molecule has 2 aliphatic heterocycles. The number of nitrogens with one attached hydrogen (secondary N) is 1. The van der Waals surface area contributed by atoms with E-state index < -0.39 is 0 Å². The van der Waals surface area contributed by atoms with Gasteiger partial charge in [0, 0.05) is 12.5 Å². The summed E-state index contributed by atoms with van der Waals surface area (Å²) in [6.45, 7) is 0.971. The molecule has 0 aromatic carbocycles. The molecular formula is C10H15NO. The first kappa shape index (κ1) is 6.93. The summed E-state index contributed by atoms with van der Waals surface area (Å²) in [5.74, 6) is 1.71. The van der Waals surface area contributed by atoms with Crippen LogP contribution in [0.5, 0.6) is 0 Å². The number of hydrogen-bond acceptors (Lipinski definition) is 1. The predicted octanol–water partition coefficient (Wildman–Crippen LogP) is 1.31. The Bertz CT molecular complexity index is 220. The monoisotopic (exact) mass is 165 g/mol. The molecule has 2 heterocycles. The first-order valence-electron chi connectivity index (χ1n) is 5.05. The number of carbonyl (C=O) groups excluding carboxylic acids is 1. The van der Waals surface area contributed by atoms with Crippen LogP contribution in [-0.4, -0.2) is 12.5 Å². The summed E-state index contributed by atoms with van der Waals surface area (Å²) in [5, 5.41) is 3.02. The van der Waals surface area contributed by atoms with Gasteiger partial charge >= 0.3 is 0 Å². The van der Waals surface area contributed by atoms with Crippen LogP contribution in [0.15, 0.2) is 0 Å². The van der Waals surface area contributed by atoms with Gasteiger partial charge in [-0.3, -0.25) is 4.79 Å². The van der Waals surface area contributed by atoms with Crippen LogP contribution in [0, 0.1) is 17.3 Å². The summed E-state index contributed by atoms with van der Waals surface area (Å²) in [4.78, 5) is 11.2. The molecule has 0 spiro atoms. The summed E-state index contributed by atoms with van der Waals surface area (Å²) in [6, 6.07) is 0. The quantitative estimate of drug-likeness (QED) is 0.656. The third kappa shape index (κ3) is 0.900. The van der Waals surface area contributed by atoms with Gasteiger partial charge in [0.2, 0.25) is 5.91 Å². The molecule has 0 radical (unpaired) electrons. The average molecular weight is 165 g/mol. The third-order valence-electron chi connectivity index (χ3n) is 3.79. The smallest absolute Gasteiger partial charge is 0.223 e. The summed E-state index contributed by atoms with van der Waals surface area (Å²) in [5.41, 5.74) is 0.555. The highest BCUT2D eigenvalue weighted by Crippen LogP contribution is 2.55. The van der Waals surface area contributed by atoms with Gasteiger partial charge in [0.1, 0.15) is 0 Å². The summed E-state index contributed by atoms with van der Waals surface area (Å²) >= 11 is 0. The van der Waals surface area contributed by atoms with Crippen LogP contribution in [0.1, 0.15) is 32.1 Å². The molecule has 1 N–H and O–H groups in total. The van der Waals surface area contributed by atoms with E-state index in [1.165, 1.54) is 32.1 Å². The molecule has 0 aromatic heterocycles. The van der Waals surface area contributed by atoms with Crippen LogP contribution in [-0.2, 0) is 4.79 Å². The topological polar surface area (TPSA) is 29.1 Å². The Morgan fingerprint density at radius 2 is 2.17 bits per heavy atom. The van der Waals surface area contributed by atoms with Crippen molar-refractivity contribution in [1.29, 1.82) is 0 Å². The van der Waals surface area contributed by atoms with Crippen molar-refractivity contribution in [3.8, 4) is 0 Å². The largest absolute Gasteiger partial charge is 0.355 e. The second kappa shape index (κ2) is 2.04. The normalized spacial score (nSPS) is 45.0. The number of rotatable bonds is 2. The molecule has 1 amide bonds. The van der Waals surface area contributed by atoms with Gasteiger partial charge < -0.3 is 5.32 Å². The fourth-order valence-corrected chi connectivity index (χ4v) is 2.91. The Morgan fingerprint density at radius 3 is 2.67 bits per heavy atom. The second-order valence-corrected chi connectivity index (χ2v) is 4.97. The van der Waals surface area contributed by atoms with E-state index in [-0.39, 0.29) is 0 Å². The molecule has 2 nitrogen and oxygen atoms in total. The van der Waals surface area contributed by atoms with Crippen molar-refractivity contribution in [2.24, 2.45) is 17.3 Å². The molecule has 2 aliphatic carbocycles. The number of piperidine rings is 2. The van der Waals surface area contributed by atoms with Gasteiger partial charge in [-0.2, -0.15) is 0 Å². The van der Waals surface area contributed by atoms with Crippen LogP contribution in [0.2, 0.25) is 0 Å².